The van der Waals surface area contributed by atoms with Crippen LogP contribution in [0.2, 0.25) is 0 Å². The molecule has 0 spiro atoms. The summed E-state index contributed by atoms with van der Waals surface area (Å²) in [4.78, 5) is 35.7. The summed E-state index contributed by atoms with van der Waals surface area (Å²) in [6, 6.07) is 3.79. The molecule has 2 aliphatic rings. The number of likely N-dealkylation sites (tertiary alicyclic amines) is 1. The van der Waals surface area contributed by atoms with Crippen LogP contribution in [0.15, 0.2) is 22.7 Å². The number of hydrogen-bond donors (Lipinski definition) is 1. The van der Waals surface area contributed by atoms with Gasteiger partial charge in [0.05, 0.1) is 28.9 Å². The SMILES string of the molecule is Cc1ccc(CNC(=O)C2CCN(c3c(C(=O)N4CCCC4)cnc4snc(C)c34)CC2)o1. The maximum Gasteiger partial charge on any atom is 0.257 e. The monoisotopic (exact) mass is 467 g/mol. The van der Waals surface area contributed by atoms with E-state index in [0.29, 0.717) is 25.2 Å². The molecule has 5 heterocycles. The van der Waals surface area contributed by atoms with Crippen molar-refractivity contribution in [2.45, 2.75) is 46.1 Å². The molecule has 1 N–H and O–H groups in total. The summed E-state index contributed by atoms with van der Waals surface area (Å²) in [5.74, 6) is 1.67. The maximum atomic E-state index is 13.4. The van der Waals surface area contributed by atoms with Gasteiger partial charge in [0.25, 0.3) is 5.91 Å². The largest absolute Gasteiger partial charge is 0.465 e. The number of nitrogens with zero attached hydrogens (tertiary/aromatic N) is 4. The van der Waals surface area contributed by atoms with E-state index in [1.54, 1.807) is 6.20 Å². The van der Waals surface area contributed by atoms with E-state index in [4.69, 9.17) is 4.42 Å². The molecule has 33 heavy (non-hydrogen) atoms. The number of amides is 2. The average molecular weight is 468 g/mol. The van der Waals surface area contributed by atoms with Gasteiger partial charge in [-0.2, -0.15) is 4.37 Å². The van der Waals surface area contributed by atoms with Crippen molar-refractivity contribution >= 4 is 39.3 Å². The van der Waals surface area contributed by atoms with Gasteiger partial charge in [0.1, 0.15) is 16.4 Å². The third kappa shape index (κ3) is 4.34. The molecular weight excluding hydrogens is 438 g/mol. The number of furan rings is 1. The van der Waals surface area contributed by atoms with Crippen LogP contribution < -0.4 is 10.2 Å². The Morgan fingerprint density at radius 1 is 1.15 bits per heavy atom. The molecule has 2 aliphatic heterocycles. The number of aryl methyl sites for hydroxylation is 2. The molecule has 0 radical (unpaired) electrons. The van der Waals surface area contributed by atoms with Crippen molar-refractivity contribution < 1.29 is 14.0 Å². The number of hydrogen-bond acceptors (Lipinski definition) is 7. The minimum absolute atomic E-state index is 0.0472. The Labute approximate surface area is 197 Å². The highest BCUT2D eigenvalue weighted by molar-refractivity contribution is 7.13. The van der Waals surface area contributed by atoms with Crippen molar-refractivity contribution in [1.82, 2.24) is 19.6 Å². The molecule has 9 heteroatoms. The van der Waals surface area contributed by atoms with E-state index in [1.165, 1.54) is 11.5 Å². The Balaban J connectivity index is 1.33. The van der Waals surface area contributed by atoms with Gasteiger partial charge >= 0.3 is 0 Å². The third-order valence-corrected chi connectivity index (χ3v) is 7.53. The first-order valence-electron chi connectivity index (χ1n) is 11.6. The first-order valence-corrected chi connectivity index (χ1v) is 12.4. The summed E-state index contributed by atoms with van der Waals surface area (Å²) in [7, 11) is 0. The van der Waals surface area contributed by atoms with Crippen LogP contribution in [0.4, 0.5) is 5.69 Å². The van der Waals surface area contributed by atoms with Gasteiger partial charge in [-0.15, -0.1) is 0 Å². The van der Waals surface area contributed by atoms with Crippen molar-refractivity contribution in [2.24, 2.45) is 5.92 Å². The Bertz CT molecular complexity index is 1170. The molecule has 0 aromatic carbocycles. The highest BCUT2D eigenvalue weighted by atomic mass is 32.1. The van der Waals surface area contributed by atoms with Crippen molar-refractivity contribution in [2.75, 3.05) is 31.1 Å². The fraction of sp³-hybridized carbons (Fsp3) is 0.500. The third-order valence-electron chi connectivity index (χ3n) is 6.69. The number of aromatic nitrogens is 2. The second-order valence-corrected chi connectivity index (χ2v) is 9.71. The molecule has 174 valence electrons. The van der Waals surface area contributed by atoms with E-state index in [-0.39, 0.29) is 17.7 Å². The zero-order valence-electron chi connectivity index (χ0n) is 19.1. The van der Waals surface area contributed by atoms with E-state index >= 15 is 0 Å². The van der Waals surface area contributed by atoms with Crippen LogP contribution in [0, 0.1) is 19.8 Å². The number of fused-ring (bicyclic) bond motifs is 1. The number of rotatable bonds is 5. The van der Waals surface area contributed by atoms with Crippen molar-refractivity contribution in [3.05, 3.63) is 41.1 Å². The van der Waals surface area contributed by atoms with E-state index in [0.717, 1.165) is 71.9 Å². The van der Waals surface area contributed by atoms with E-state index < -0.39 is 0 Å². The topological polar surface area (TPSA) is 91.6 Å². The summed E-state index contributed by atoms with van der Waals surface area (Å²) in [5.41, 5.74) is 2.50. The van der Waals surface area contributed by atoms with E-state index in [9.17, 15) is 9.59 Å². The highest BCUT2D eigenvalue weighted by Crippen LogP contribution is 2.37. The zero-order chi connectivity index (χ0) is 22.9. The normalized spacial score (nSPS) is 17.2. The summed E-state index contributed by atoms with van der Waals surface area (Å²) >= 11 is 1.37. The summed E-state index contributed by atoms with van der Waals surface area (Å²) < 4.78 is 10.1. The number of carbonyl (C=O) groups excluding carboxylic acids is 2. The lowest BCUT2D eigenvalue weighted by atomic mass is 9.94. The molecule has 2 saturated heterocycles. The molecular formula is C24H29N5O3S. The molecule has 0 saturated carbocycles. The second-order valence-electron chi connectivity index (χ2n) is 8.96. The van der Waals surface area contributed by atoms with Crippen molar-refractivity contribution in [3.63, 3.8) is 0 Å². The van der Waals surface area contributed by atoms with Crippen LogP contribution in [0.25, 0.3) is 10.2 Å². The van der Waals surface area contributed by atoms with Crippen molar-refractivity contribution in [3.8, 4) is 0 Å². The average Bonchev–Trinajstić information content (AvgIpc) is 3.59. The number of pyridine rings is 1. The molecule has 2 amide bonds. The van der Waals surface area contributed by atoms with Crippen LogP contribution >= 0.6 is 11.5 Å². The fourth-order valence-electron chi connectivity index (χ4n) is 4.88. The molecule has 8 nitrogen and oxygen atoms in total. The fourth-order valence-corrected chi connectivity index (χ4v) is 5.63. The summed E-state index contributed by atoms with van der Waals surface area (Å²) in [6.07, 6.45) is 5.30. The number of carbonyl (C=O) groups is 2. The predicted octanol–water partition coefficient (Wildman–Crippen LogP) is 3.67. The molecule has 5 rings (SSSR count). The van der Waals surface area contributed by atoms with Crippen LogP contribution in [0.3, 0.4) is 0 Å². The van der Waals surface area contributed by atoms with Crippen LogP contribution in [-0.4, -0.2) is 52.3 Å². The molecule has 2 fully saturated rings. The Kier molecular flexibility index (Phi) is 6.05. The molecule has 3 aromatic rings. The first-order chi connectivity index (χ1) is 16.0. The summed E-state index contributed by atoms with van der Waals surface area (Å²) in [6.45, 7) is 7.31. The number of nitrogens with one attached hydrogen (secondary N) is 1. The summed E-state index contributed by atoms with van der Waals surface area (Å²) in [5, 5.41) is 3.98. The zero-order valence-corrected chi connectivity index (χ0v) is 19.9. The Hall–Kier alpha value is -2.94. The number of anilines is 1. The van der Waals surface area contributed by atoms with Gasteiger partial charge in [-0.05, 0) is 63.2 Å². The van der Waals surface area contributed by atoms with Gasteiger partial charge in [-0.25, -0.2) is 4.98 Å². The predicted molar refractivity (Wildman–Crippen MR) is 128 cm³/mol. The Morgan fingerprint density at radius 2 is 1.91 bits per heavy atom. The first kappa shape index (κ1) is 21.9. The van der Waals surface area contributed by atoms with Crippen molar-refractivity contribution in [1.29, 1.82) is 0 Å². The lowest BCUT2D eigenvalue weighted by Gasteiger charge is -2.34. The van der Waals surface area contributed by atoms with Gasteiger partial charge < -0.3 is 19.5 Å². The molecule has 0 atom stereocenters. The lowest BCUT2D eigenvalue weighted by molar-refractivity contribution is -0.125. The van der Waals surface area contributed by atoms with Gasteiger partial charge in [0, 0.05) is 38.3 Å². The van der Waals surface area contributed by atoms with Gasteiger partial charge in [0.2, 0.25) is 5.91 Å². The van der Waals surface area contributed by atoms with Gasteiger partial charge in [0.15, 0.2) is 0 Å². The maximum absolute atomic E-state index is 13.4. The van der Waals surface area contributed by atoms with Gasteiger partial charge in [-0.3, -0.25) is 9.59 Å². The highest BCUT2D eigenvalue weighted by Gasteiger charge is 2.31. The quantitative estimate of drug-likeness (QED) is 0.616. The van der Waals surface area contributed by atoms with Gasteiger partial charge in [-0.1, -0.05) is 0 Å². The smallest absolute Gasteiger partial charge is 0.257 e. The minimum atomic E-state index is -0.0472. The molecule has 0 unspecified atom stereocenters. The minimum Gasteiger partial charge on any atom is -0.465 e. The van der Waals surface area contributed by atoms with E-state index in [2.05, 4.69) is 19.6 Å². The van der Waals surface area contributed by atoms with Crippen LogP contribution in [0.1, 0.15) is 53.3 Å². The number of piperidine rings is 1. The van der Waals surface area contributed by atoms with Crippen LogP contribution in [-0.2, 0) is 11.3 Å². The molecule has 3 aromatic heterocycles. The van der Waals surface area contributed by atoms with E-state index in [1.807, 2.05) is 30.9 Å². The lowest BCUT2D eigenvalue weighted by Crippen LogP contribution is -2.41. The Morgan fingerprint density at radius 3 is 2.61 bits per heavy atom. The standard InChI is InChI=1S/C24H29N5O3S/c1-15-5-6-18(32-15)13-25-22(30)17-7-11-28(12-8-17)21-19(24(31)29-9-3-4-10-29)14-26-23-20(21)16(2)27-33-23/h5-6,14,17H,3-4,7-13H2,1-2H3,(H,25,30). The molecule has 0 bridgehead atoms. The molecule has 0 aliphatic carbocycles. The van der Waals surface area contributed by atoms with Crippen LogP contribution in [0.5, 0.6) is 0 Å². The second kappa shape index (κ2) is 9.13.